The SMILES string of the molecule is CC(=O)c1c(Cl)ccc(OC(F)F)c1I. The summed E-state index contributed by atoms with van der Waals surface area (Å²) in [5, 5.41) is 0.230. The number of carbonyl (C=O) groups excluding carboxylic acids is 1. The predicted octanol–water partition coefficient (Wildman–Crippen LogP) is 3.75. The normalized spacial score (nSPS) is 10.5. The summed E-state index contributed by atoms with van der Waals surface area (Å²) in [6.07, 6.45) is 0. The summed E-state index contributed by atoms with van der Waals surface area (Å²) in [7, 11) is 0. The largest absolute Gasteiger partial charge is 0.434 e. The van der Waals surface area contributed by atoms with E-state index in [2.05, 4.69) is 4.74 Å². The van der Waals surface area contributed by atoms with E-state index in [0.717, 1.165) is 0 Å². The molecule has 1 aromatic rings. The number of hydrogen-bond acceptors (Lipinski definition) is 2. The van der Waals surface area contributed by atoms with Crippen LogP contribution in [0.5, 0.6) is 5.75 Å². The molecule has 0 aliphatic carbocycles. The van der Waals surface area contributed by atoms with Gasteiger partial charge in [0.1, 0.15) is 5.75 Å². The number of ether oxygens (including phenoxy) is 1. The van der Waals surface area contributed by atoms with E-state index in [0.29, 0.717) is 3.57 Å². The van der Waals surface area contributed by atoms with Gasteiger partial charge in [-0.15, -0.1) is 0 Å². The lowest BCUT2D eigenvalue weighted by Crippen LogP contribution is -2.06. The van der Waals surface area contributed by atoms with E-state index in [1.165, 1.54) is 19.1 Å². The molecule has 0 radical (unpaired) electrons. The highest BCUT2D eigenvalue weighted by molar-refractivity contribution is 14.1. The molecule has 6 heteroatoms. The third kappa shape index (κ3) is 3.01. The van der Waals surface area contributed by atoms with Crippen LogP contribution in [0.2, 0.25) is 5.02 Å². The first-order valence-corrected chi connectivity index (χ1v) is 5.33. The van der Waals surface area contributed by atoms with Gasteiger partial charge >= 0.3 is 6.61 Å². The van der Waals surface area contributed by atoms with Crippen molar-refractivity contribution >= 4 is 40.0 Å². The Hall–Kier alpha value is -0.430. The Morgan fingerprint density at radius 2 is 2.13 bits per heavy atom. The molecule has 1 rings (SSSR count). The minimum Gasteiger partial charge on any atom is -0.434 e. The number of halogens is 4. The molecule has 0 aromatic heterocycles. The van der Waals surface area contributed by atoms with Gasteiger partial charge in [0.25, 0.3) is 0 Å². The number of alkyl halides is 2. The minimum absolute atomic E-state index is 0.0415. The van der Waals surface area contributed by atoms with Gasteiger partial charge in [0.05, 0.1) is 14.2 Å². The van der Waals surface area contributed by atoms with Crippen molar-refractivity contribution in [1.82, 2.24) is 0 Å². The number of carbonyl (C=O) groups is 1. The number of hydrogen-bond donors (Lipinski definition) is 0. The molecule has 0 saturated heterocycles. The van der Waals surface area contributed by atoms with Crippen molar-refractivity contribution in [2.24, 2.45) is 0 Å². The van der Waals surface area contributed by atoms with Crippen LogP contribution in [-0.4, -0.2) is 12.4 Å². The fourth-order valence-corrected chi connectivity index (χ4v) is 2.47. The van der Waals surface area contributed by atoms with Gasteiger partial charge in [-0.3, -0.25) is 4.79 Å². The molecular weight excluding hydrogens is 340 g/mol. The zero-order valence-corrected chi connectivity index (χ0v) is 10.5. The molecule has 0 heterocycles. The zero-order chi connectivity index (χ0) is 11.6. The molecule has 0 amide bonds. The van der Waals surface area contributed by atoms with E-state index in [9.17, 15) is 13.6 Å². The summed E-state index contributed by atoms with van der Waals surface area (Å²) in [5.41, 5.74) is 0.204. The summed E-state index contributed by atoms with van der Waals surface area (Å²) < 4.78 is 28.5. The third-order valence-electron chi connectivity index (χ3n) is 1.62. The topological polar surface area (TPSA) is 26.3 Å². The number of rotatable bonds is 3. The van der Waals surface area contributed by atoms with E-state index >= 15 is 0 Å². The molecule has 15 heavy (non-hydrogen) atoms. The van der Waals surface area contributed by atoms with Gasteiger partial charge in [-0.2, -0.15) is 8.78 Å². The Labute approximate surface area is 104 Å². The van der Waals surface area contributed by atoms with Crippen LogP contribution >= 0.6 is 34.2 Å². The summed E-state index contributed by atoms with van der Waals surface area (Å²) in [6, 6.07) is 2.67. The van der Waals surface area contributed by atoms with Gasteiger partial charge in [-0.1, -0.05) is 11.6 Å². The molecule has 0 aliphatic heterocycles. The highest BCUT2D eigenvalue weighted by atomic mass is 127. The minimum atomic E-state index is -2.92. The summed E-state index contributed by atoms with van der Waals surface area (Å²) in [5.74, 6) is -0.329. The maximum atomic E-state index is 12.0. The molecule has 2 nitrogen and oxygen atoms in total. The molecule has 0 atom stereocenters. The summed E-state index contributed by atoms with van der Waals surface area (Å²) in [4.78, 5) is 11.2. The van der Waals surface area contributed by atoms with Crippen molar-refractivity contribution in [3.05, 3.63) is 26.3 Å². The van der Waals surface area contributed by atoms with Crippen LogP contribution in [0.4, 0.5) is 8.78 Å². The average molecular weight is 346 g/mol. The Balaban J connectivity index is 3.22. The second kappa shape index (κ2) is 5.07. The van der Waals surface area contributed by atoms with Gasteiger partial charge in [0.2, 0.25) is 0 Å². The van der Waals surface area contributed by atoms with Crippen LogP contribution < -0.4 is 4.74 Å². The second-order valence-electron chi connectivity index (χ2n) is 2.67. The van der Waals surface area contributed by atoms with Crippen LogP contribution in [0.1, 0.15) is 17.3 Å². The maximum Gasteiger partial charge on any atom is 0.387 e. The Bertz CT molecular complexity index is 396. The monoisotopic (exact) mass is 346 g/mol. The molecular formula is C9H6ClF2IO2. The fourth-order valence-electron chi connectivity index (χ4n) is 1.04. The van der Waals surface area contributed by atoms with Crippen LogP contribution in [0.3, 0.4) is 0 Å². The van der Waals surface area contributed by atoms with Gasteiger partial charge in [-0.25, -0.2) is 0 Å². The van der Waals surface area contributed by atoms with Crippen LogP contribution in [0.15, 0.2) is 12.1 Å². The molecule has 0 bridgehead atoms. The first-order valence-electron chi connectivity index (χ1n) is 3.87. The zero-order valence-electron chi connectivity index (χ0n) is 7.56. The van der Waals surface area contributed by atoms with Gasteiger partial charge in [0.15, 0.2) is 5.78 Å². The van der Waals surface area contributed by atoms with E-state index < -0.39 is 6.61 Å². The molecule has 0 aliphatic rings. The van der Waals surface area contributed by atoms with Gasteiger partial charge in [-0.05, 0) is 41.6 Å². The Morgan fingerprint density at radius 3 is 2.60 bits per heavy atom. The average Bonchev–Trinajstić information content (AvgIpc) is 2.09. The lowest BCUT2D eigenvalue weighted by atomic mass is 10.1. The van der Waals surface area contributed by atoms with Gasteiger partial charge in [0, 0.05) is 0 Å². The number of benzene rings is 1. The molecule has 1 aromatic carbocycles. The van der Waals surface area contributed by atoms with Crippen molar-refractivity contribution in [2.75, 3.05) is 0 Å². The number of Topliss-reactive ketones (excluding diaryl/α,β-unsaturated/α-hetero) is 1. The first kappa shape index (κ1) is 12.6. The predicted molar refractivity (Wildman–Crippen MR) is 60.8 cm³/mol. The number of ketones is 1. The highest BCUT2D eigenvalue weighted by Crippen LogP contribution is 2.31. The van der Waals surface area contributed by atoms with E-state index in [1.807, 2.05) is 0 Å². The van der Waals surface area contributed by atoms with E-state index in [-0.39, 0.29) is 22.1 Å². The van der Waals surface area contributed by atoms with Crippen molar-refractivity contribution in [2.45, 2.75) is 13.5 Å². The van der Waals surface area contributed by atoms with Crippen LogP contribution in [-0.2, 0) is 0 Å². The lowest BCUT2D eigenvalue weighted by Gasteiger charge is -2.10. The molecule has 0 N–H and O–H groups in total. The summed E-state index contributed by atoms with van der Waals surface area (Å²) in [6.45, 7) is -1.60. The summed E-state index contributed by atoms with van der Waals surface area (Å²) >= 11 is 7.52. The van der Waals surface area contributed by atoms with Crippen LogP contribution in [0, 0.1) is 3.57 Å². The molecule has 0 unspecified atom stereocenters. The van der Waals surface area contributed by atoms with E-state index in [4.69, 9.17) is 11.6 Å². The smallest absolute Gasteiger partial charge is 0.387 e. The highest BCUT2D eigenvalue weighted by Gasteiger charge is 2.16. The molecule has 82 valence electrons. The second-order valence-corrected chi connectivity index (χ2v) is 4.16. The van der Waals surface area contributed by atoms with Crippen molar-refractivity contribution in [3.63, 3.8) is 0 Å². The quantitative estimate of drug-likeness (QED) is 0.615. The third-order valence-corrected chi connectivity index (χ3v) is 3.01. The first-order chi connectivity index (χ1) is 6.93. The fraction of sp³-hybridized carbons (Fsp3) is 0.222. The molecule has 0 fully saturated rings. The maximum absolute atomic E-state index is 12.0. The Kier molecular flexibility index (Phi) is 4.27. The molecule has 0 saturated carbocycles. The van der Waals surface area contributed by atoms with Crippen LogP contribution in [0.25, 0.3) is 0 Å². The standard InChI is InChI=1S/C9H6ClF2IO2/c1-4(14)7-5(10)2-3-6(8(7)13)15-9(11)12/h2-3,9H,1H3. The molecule has 0 spiro atoms. The lowest BCUT2D eigenvalue weighted by molar-refractivity contribution is -0.0504. The van der Waals surface area contributed by atoms with E-state index in [1.54, 1.807) is 22.6 Å². The van der Waals surface area contributed by atoms with Gasteiger partial charge < -0.3 is 4.74 Å². The Morgan fingerprint density at radius 1 is 1.53 bits per heavy atom. The van der Waals surface area contributed by atoms with Crippen molar-refractivity contribution in [1.29, 1.82) is 0 Å². The van der Waals surface area contributed by atoms with Crippen molar-refractivity contribution < 1.29 is 18.3 Å². The van der Waals surface area contributed by atoms with Crippen molar-refractivity contribution in [3.8, 4) is 5.75 Å².